The van der Waals surface area contributed by atoms with E-state index in [1.54, 1.807) is 6.07 Å². The van der Waals surface area contributed by atoms with Gasteiger partial charge in [-0.2, -0.15) is 0 Å². The van der Waals surface area contributed by atoms with Crippen LogP contribution in [0.4, 0.5) is 10.1 Å². The van der Waals surface area contributed by atoms with E-state index in [2.05, 4.69) is 10.3 Å². The van der Waals surface area contributed by atoms with Crippen LogP contribution in [0, 0.1) is 0 Å². The molecule has 1 aromatic rings. The van der Waals surface area contributed by atoms with Crippen molar-refractivity contribution in [1.82, 2.24) is 4.98 Å². The molecule has 5 N–H and O–H groups in total. The second-order valence-corrected chi connectivity index (χ2v) is 5.80. The van der Waals surface area contributed by atoms with Crippen LogP contribution >= 0.6 is 0 Å². The van der Waals surface area contributed by atoms with Crippen molar-refractivity contribution in [3.05, 3.63) is 23.5 Å². The van der Waals surface area contributed by atoms with Gasteiger partial charge < -0.3 is 21.3 Å². The number of anilines is 1. The van der Waals surface area contributed by atoms with Crippen molar-refractivity contribution in [3.63, 3.8) is 0 Å². The average Bonchev–Trinajstić information content (AvgIpc) is 2.43. The lowest BCUT2D eigenvalue weighted by molar-refractivity contribution is -0.00307. The summed E-state index contributed by atoms with van der Waals surface area (Å²) in [5.41, 5.74) is 4.52. The van der Waals surface area contributed by atoms with Crippen LogP contribution in [0.1, 0.15) is 43.2 Å². The van der Waals surface area contributed by atoms with Crippen molar-refractivity contribution in [2.75, 3.05) is 11.9 Å². The van der Waals surface area contributed by atoms with Crippen LogP contribution in [-0.4, -0.2) is 45.5 Å². The number of hydrogen-bond donors (Lipinski definition) is 4. The zero-order valence-electron chi connectivity index (χ0n) is 13.1. The van der Waals surface area contributed by atoms with E-state index < -0.39 is 17.7 Å². The number of carbonyl (C=O) groups excluding carboxylic acids is 1. The monoisotopic (exact) mass is 313 g/mol. The summed E-state index contributed by atoms with van der Waals surface area (Å²) < 4.78 is 14.1. The smallest absolute Gasteiger partial charge is 0.252 e. The van der Waals surface area contributed by atoms with Crippen molar-refractivity contribution in [2.45, 2.75) is 51.4 Å². The van der Waals surface area contributed by atoms with E-state index in [0.29, 0.717) is 12.1 Å². The summed E-state index contributed by atoms with van der Waals surface area (Å²) >= 11 is 0. The number of pyridine rings is 1. The lowest BCUT2D eigenvalue weighted by atomic mass is 9.96. The molecule has 1 amide bonds. The van der Waals surface area contributed by atoms with Crippen LogP contribution in [0.25, 0.3) is 0 Å². The Labute approximate surface area is 129 Å². The molecule has 0 fully saturated rings. The molecule has 0 aromatic carbocycles. The Morgan fingerprint density at radius 3 is 2.64 bits per heavy atom. The van der Waals surface area contributed by atoms with Gasteiger partial charge in [0.15, 0.2) is 0 Å². The Balaban J connectivity index is 3.16. The van der Waals surface area contributed by atoms with Gasteiger partial charge in [0.1, 0.15) is 6.17 Å². The predicted molar refractivity (Wildman–Crippen MR) is 82.4 cm³/mol. The van der Waals surface area contributed by atoms with Gasteiger partial charge in [-0.15, -0.1) is 0 Å². The lowest BCUT2D eigenvalue weighted by Crippen LogP contribution is -2.35. The van der Waals surface area contributed by atoms with E-state index in [9.17, 15) is 19.4 Å². The number of carbonyl (C=O) groups is 1. The van der Waals surface area contributed by atoms with Gasteiger partial charge in [-0.1, -0.05) is 6.92 Å². The molecule has 0 aliphatic rings. The fraction of sp³-hybridized carbons (Fsp3) is 0.600. The molecular formula is C15H24FN3O3. The largest absolute Gasteiger partial charge is 0.394 e. The summed E-state index contributed by atoms with van der Waals surface area (Å²) in [5, 5.41) is 22.0. The highest BCUT2D eigenvalue weighted by Crippen LogP contribution is 2.24. The molecule has 0 saturated heterocycles. The SMILES string of the molecule is CC[C@@H](CO)Nc1ccnc(C[C@@H](F)C(C)(C)O)c1C(N)=O. The number of aliphatic hydroxyl groups excluding tert-OH is 1. The summed E-state index contributed by atoms with van der Waals surface area (Å²) in [6.07, 6.45) is 0.258. The Bertz CT molecular complexity index is 513. The number of primary amides is 1. The highest BCUT2D eigenvalue weighted by atomic mass is 19.1. The molecule has 0 unspecified atom stereocenters. The minimum Gasteiger partial charge on any atom is -0.394 e. The number of nitrogens with two attached hydrogens (primary N) is 1. The zero-order valence-corrected chi connectivity index (χ0v) is 13.1. The van der Waals surface area contributed by atoms with Crippen LogP contribution in [-0.2, 0) is 6.42 Å². The third kappa shape index (κ3) is 4.64. The van der Waals surface area contributed by atoms with E-state index in [1.807, 2.05) is 6.92 Å². The summed E-state index contributed by atoms with van der Waals surface area (Å²) in [6.45, 7) is 4.47. The van der Waals surface area contributed by atoms with Gasteiger partial charge in [0.25, 0.3) is 5.91 Å². The molecule has 2 atom stereocenters. The zero-order chi connectivity index (χ0) is 16.9. The van der Waals surface area contributed by atoms with Crippen molar-refractivity contribution in [1.29, 1.82) is 0 Å². The minimum absolute atomic E-state index is 0.0845. The quantitative estimate of drug-likeness (QED) is 0.573. The van der Waals surface area contributed by atoms with Crippen LogP contribution in [0.2, 0.25) is 0 Å². The molecule has 1 aromatic heterocycles. The molecule has 0 spiro atoms. The maximum Gasteiger partial charge on any atom is 0.252 e. The summed E-state index contributed by atoms with van der Waals surface area (Å²) in [5.74, 6) is -0.735. The van der Waals surface area contributed by atoms with Gasteiger partial charge in [0, 0.05) is 18.7 Å². The van der Waals surface area contributed by atoms with Crippen molar-refractivity contribution in [2.24, 2.45) is 5.73 Å². The van der Waals surface area contributed by atoms with Gasteiger partial charge in [0.05, 0.1) is 29.2 Å². The Morgan fingerprint density at radius 2 is 2.18 bits per heavy atom. The maximum absolute atomic E-state index is 14.1. The third-order valence-electron chi connectivity index (χ3n) is 3.49. The standard InChI is InChI=1S/C15H24FN3O3/c1-4-9(8-20)19-10-5-6-18-11(13(10)14(17)21)7-12(16)15(2,3)22/h5-6,9,12,20,22H,4,7-8H2,1-3H3,(H2,17,21)(H,18,19)/t9-,12+/m0/s1. The predicted octanol–water partition coefficient (Wildman–Crippen LogP) is 1.01. The van der Waals surface area contributed by atoms with Crippen molar-refractivity contribution < 1.29 is 19.4 Å². The molecule has 1 rings (SSSR count). The topological polar surface area (TPSA) is 108 Å². The highest BCUT2D eigenvalue weighted by molar-refractivity contribution is 5.99. The first-order valence-electron chi connectivity index (χ1n) is 7.22. The van der Waals surface area contributed by atoms with E-state index in [4.69, 9.17) is 5.73 Å². The molecular weight excluding hydrogens is 289 g/mol. The lowest BCUT2D eigenvalue weighted by Gasteiger charge is -2.24. The molecule has 124 valence electrons. The second-order valence-electron chi connectivity index (χ2n) is 5.80. The number of aromatic nitrogens is 1. The normalized spacial score (nSPS) is 14.5. The highest BCUT2D eigenvalue weighted by Gasteiger charge is 2.29. The Morgan fingerprint density at radius 1 is 1.55 bits per heavy atom. The van der Waals surface area contributed by atoms with Crippen LogP contribution in [0.5, 0.6) is 0 Å². The van der Waals surface area contributed by atoms with Crippen LogP contribution in [0.15, 0.2) is 12.3 Å². The Kier molecular flexibility index (Phi) is 6.25. The second kappa shape index (κ2) is 7.51. The van der Waals surface area contributed by atoms with Gasteiger partial charge in [-0.3, -0.25) is 9.78 Å². The first-order chi connectivity index (χ1) is 10.2. The molecule has 1 heterocycles. The number of amides is 1. The fourth-order valence-electron chi connectivity index (χ4n) is 1.97. The van der Waals surface area contributed by atoms with E-state index in [0.717, 1.165) is 0 Å². The summed E-state index contributed by atoms with van der Waals surface area (Å²) in [4.78, 5) is 15.7. The number of hydrogen-bond acceptors (Lipinski definition) is 5. The van der Waals surface area contributed by atoms with Crippen molar-refractivity contribution in [3.8, 4) is 0 Å². The van der Waals surface area contributed by atoms with E-state index in [1.165, 1.54) is 20.0 Å². The summed E-state index contributed by atoms with van der Waals surface area (Å²) in [7, 11) is 0. The van der Waals surface area contributed by atoms with Gasteiger partial charge in [-0.05, 0) is 26.3 Å². The van der Waals surface area contributed by atoms with Gasteiger partial charge in [0.2, 0.25) is 0 Å². The van der Waals surface area contributed by atoms with Crippen molar-refractivity contribution >= 4 is 11.6 Å². The molecule has 0 aliphatic carbocycles. The number of rotatable bonds is 8. The first kappa shape index (κ1) is 18.3. The maximum atomic E-state index is 14.1. The third-order valence-corrected chi connectivity index (χ3v) is 3.49. The van der Waals surface area contributed by atoms with E-state index >= 15 is 0 Å². The van der Waals surface area contributed by atoms with E-state index in [-0.39, 0.29) is 30.3 Å². The molecule has 0 bridgehead atoms. The molecule has 0 radical (unpaired) electrons. The van der Waals surface area contributed by atoms with Crippen LogP contribution in [0.3, 0.4) is 0 Å². The molecule has 22 heavy (non-hydrogen) atoms. The molecule has 0 aliphatic heterocycles. The molecule has 7 heteroatoms. The number of alkyl halides is 1. The average molecular weight is 313 g/mol. The Hall–Kier alpha value is -1.73. The number of aliphatic hydroxyl groups is 2. The van der Waals surface area contributed by atoms with Crippen LogP contribution < -0.4 is 11.1 Å². The molecule has 6 nitrogen and oxygen atoms in total. The van der Waals surface area contributed by atoms with Gasteiger partial charge in [-0.25, -0.2) is 4.39 Å². The fourth-order valence-corrected chi connectivity index (χ4v) is 1.97. The number of nitrogens with zero attached hydrogens (tertiary/aromatic N) is 1. The first-order valence-corrected chi connectivity index (χ1v) is 7.22. The molecule has 0 saturated carbocycles. The van der Waals surface area contributed by atoms with Gasteiger partial charge >= 0.3 is 0 Å². The number of nitrogens with one attached hydrogen (secondary N) is 1. The minimum atomic E-state index is -1.59. The summed E-state index contributed by atoms with van der Waals surface area (Å²) in [6, 6.07) is 1.31. The number of halogens is 1.